The quantitative estimate of drug-likeness (QED) is 0.0212. The summed E-state index contributed by atoms with van der Waals surface area (Å²) in [5, 5.41) is 0. The van der Waals surface area contributed by atoms with E-state index in [9.17, 15) is 9.59 Å². The fourth-order valence-electron chi connectivity index (χ4n) is 9.44. The van der Waals surface area contributed by atoms with Gasteiger partial charge in [-0.2, -0.15) is 0 Å². The summed E-state index contributed by atoms with van der Waals surface area (Å²) in [6.45, 7) is 12.2. The van der Waals surface area contributed by atoms with Gasteiger partial charge in [0, 0.05) is 12.4 Å². The summed E-state index contributed by atoms with van der Waals surface area (Å²) in [5.74, 6) is 3.72. The molecule has 0 fully saturated rings. The lowest BCUT2D eigenvalue weighted by molar-refractivity contribution is 0.0438. The van der Waals surface area contributed by atoms with Gasteiger partial charge in [0.15, 0.2) is 0 Å². The molecule has 454 valence electrons. The second kappa shape index (κ2) is 38.1. The molecular weight excluding hydrogens is 1070 g/mol. The molecule has 7 aromatic rings. The van der Waals surface area contributed by atoms with Crippen LogP contribution in [0.3, 0.4) is 0 Å². The zero-order valence-electron chi connectivity index (χ0n) is 51.6. The van der Waals surface area contributed by atoms with E-state index in [1.54, 1.807) is 0 Å². The number of rotatable bonds is 40. The van der Waals surface area contributed by atoms with Gasteiger partial charge >= 0.3 is 11.9 Å². The lowest BCUT2D eigenvalue weighted by atomic mass is 10.0. The summed E-state index contributed by atoms with van der Waals surface area (Å²) >= 11 is 0. The van der Waals surface area contributed by atoms with Gasteiger partial charge in [0.2, 0.25) is 0 Å². The van der Waals surface area contributed by atoms with Gasteiger partial charge in [-0.15, -0.1) is 0 Å². The Morgan fingerprint density at radius 1 is 0.337 bits per heavy atom. The molecule has 0 amide bonds. The molecule has 0 aliphatic heterocycles. The minimum absolute atomic E-state index is 0.269. The lowest BCUT2D eigenvalue weighted by Gasteiger charge is -2.10. The van der Waals surface area contributed by atoms with Gasteiger partial charge in [0.25, 0.3) is 0 Å². The highest BCUT2D eigenvalue weighted by Crippen LogP contribution is 2.27. The van der Waals surface area contributed by atoms with Crippen molar-refractivity contribution in [1.82, 2.24) is 0 Å². The Morgan fingerprint density at radius 2 is 0.581 bits per heavy atom. The molecule has 10 heteroatoms. The van der Waals surface area contributed by atoms with Crippen molar-refractivity contribution in [3.8, 4) is 45.3 Å². The van der Waals surface area contributed by atoms with Crippen molar-refractivity contribution in [2.24, 2.45) is 21.8 Å². The number of carbonyl (C=O) groups excluding carboxylic acids is 2. The molecule has 7 aromatic carbocycles. The summed E-state index contributed by atoms with van der Waals surface area (Å²) in [7, 11) is 0. The van der Waals surface area contributed by atoms with Crippen LogP contribution in [-0.2, 0) is 9.47 Å². The van der Waals surface area contributed by atoms with E-state index in [1.165, 1.54) is 77.0 Å². The van der Waals surface area contributed by atoms with E-state index in [0.717, 1.165) is 133 Å². The molecule has 0 aliphatic carbocycles. The van der Waals surface area contributed by atoms with Crippen molar-refractivity contribution in [3.05, 3.63) is 192 Å². The van der Waals surface area contributed by atoms with Crippen LogP contribution in [0.25, 0.3) is 22.3 Å². The van der Waals surface area contributed by atoms with Crippen molar-refractivity contribution < 1.29 is 38.0 Å². The van der Waals surface area contributed by atoms with Crippen molar-refractivity contribution in [3.63, 3.8) is 0 Å². The Balaban J connectivity index is 0.642. The molecule has 0 bridgehead atoms. The lowest BCUT2D eigenvalue weighted by Crippen LogP contribution is -2.11. The number of hydrogen-bond acceptors (Lipinski definition) is 10. The molecular formula is C76H92N2O8. The largest absolute Gasteiger partial charge is 0.494 e. The van der Waals surface area contributed by atoms with Gasteiger partial charge < -0.3 is 28.4 Å². The molecule has 0 heterocycles. The molecule has 2 unspecified atom stereocenters. The second-order valence-corrected chi connectivity index (χ2v) is 22.6. The molecule has 7 rings (SSSR count). The van der Waals surface area contributed by atoms with Gasteiger partial charge in [-0.3, -0.25) is 9.98 Å². The maximum Gasteiger partial charge on any atom is 0.338 e. The number of unbranched alkanes of at least 4 members (excludes halogenated alkanes) is 14. The van der Waals surface area contributed by atoms with E-state index < -0.39 is 0 Å². The predicted molar refractivity (Wildman–Crippen MR) is 353 cm³/mol. The number of benzene rings is 7. The first kappa shape index (κ1) is 65.6. The summed E-state index contributed by atoms with van der Waals surface area (Å²) in [5.41, 5.74) is 9.22. The van der Waals surface area contributed by atoms with Gasteiger partial charge in [0.05, 0.1) is 62.1 Å². The van der Waals surface area contributed by atoms with Crippen molar-refractivity contribution in [2.75, 3.05) is 39.6 Å². The summed E-state index contributed by atoms with van der Waals surface area (Å²) in [6, 6.07) is 55.7. The number of esters is 2. The third kappa shape index (κ3) is 24.5. The number of carbonyl (C=O) groups is 2. The number of aliphatic imine (C=N–C) groups is 2. The topological polar surface area (TPSA) is 114 Å². The molecule has 0 saturated carbocycles. The molecule has 0 N–H and O–H groups in total. The van der Waals surface area contributed by atoms with Crippen LogP contribution in [0.2, 0.25) is 0 Å². The van der Waals surface area contributed by atoms with Crippen LogP contribution in [0.5, 0.6) is 23.0 Å². The zero-order valence-corrected chi connectivity index (χ0v) is 51.6. The fraction of sp³-hybridized carbons (Fsp3) is 0.395. The average Bonchev–Trinajstić information content (AvgIpc) is 3.75. The Morgan fingerprint density at radius 3 is 0.849 bits per heavy atom. The highest BCUT2D eigenvalue weighted by molar-refractivity contribution is 5.91. The molecule has 2 atom stereocenters. The third-order valence-corrected chi connectivity index (χ3v) is 15.5. The van der Waals surface area contributed by atoms with Gasteiger partial charge in [-0.25, -0.2) is 9.59 Å². The van der Waals surface area contributed by atoms with E-state index in [1.807, 2.05) is 158 Å². The monoisotopic (exact) mass is 1160 g/mol. The van der Waals surface area contributed by atoms with Gasteiger partial charge in [0.1, 0.15) is 23.0 Å². The standard InChI is InChI=1S/C76H92N2O8/c1-5-59(3)57-85-75(79)67-31-27-63(28-32-67)65-35-47-73(48-36-65)83-53-21-17-13-9-7-11-15-19-51-81-71-43-23-61(24-44-71)55-77-69-39-41-70(42-40-69)78-56-62-25-45-72(46-26-62)82-52-20-16-12-8-10-14-18-22-54-84-74-49-37-66(38-50-74)64-29-33-68(34-30-64)76(80)86-58-60(4)6-2/h23-50,55-56,59-60H,5-22,51-54,57-58H2,1-4H3. The smallest absolute Gasteiger partial charge is 0.338 e. The van der Waals surface area contributed by atoms with Gasteiger partial charge in [-0.1, -0.05) is 166 Å². The van der Waals surface area contributed by atoms with E-state index in [2.05, 4.69) is 61.9 Å². The van der Waals surface area contributed by atoms with Crippen LogP contribution in [0.4, 0.5) is 11.4 Å². The number of ether oxygens (including phenoxy) is 6. The maximum absolute atomic E-state index is 12.3. The Kier molecular flexibility index (Phi) is 29.1. The Bertz CT molecular complexity index is 2840. The molecule has 0 aromatic heterocycles. The van der Waals surface area contributed by atoms with Crippen LogP contribution in [-0.4, -0.2) is 64.0 Å². The summed E-state index contributed by atoms with van der Waals surface area (Å²) in [4.78, 5) is 34.0. The van der Waals surface area contributed by atoms with Crippen LogP contribution in [0.1, 0.15) is 175 Å². The first-order valence-electron chi connectivity index (χ1n) is 31.9. The minimum atomic E-state index is -0.269. The molecule has 86 heavy (non-hydrogen) atoms. The first-order valence-corrected chi connectivity index (χ1v) is 31.9. The Hall–Kier alpha value is -7.98. The van der Waals surface area contributed by atoms with Gasteiger partial charge in [-0.05, 0) is 192 Å². The minimum Gasteiger partial charge on any atom is -0.494 e. The number of hydrogen-bond donors (Lipinski definition) is 0. The zero-order chi connectivity index (χ0) is 60.2. The molecule has 0 spiro atoms. The molecule has 0 saturated heterocycles. The van der Waals surface area contributed by atoms with Crippen molar-refractivity contribution in [1.29, 1.82) is 0 Å². The van der Waals surface area contributed by atoms with E-state index in [4.69, 9.17) is 28.4 Å². The number of nitrogens with zero attached hydrogens (tertiary/aromatic N) is 2. The fourth-order valence-corrected chi connectivity index (χ4v) is 9.44. The second-order valence-electron chi connectivity index (χ2n) is 22.6. The average molecular weight is 1160 g/mol. The Labute approximate surface area is 513 Å². The normalized spacial score (nSPS) is 12.0. The van der Waals surface area contributed by atoms with E-state index in [0.29, 0.717) is 36.2 Å². The van der Waals surface area contributed by atoms with Crippen LogP contribution in [0.15, 0.2) is 180 Å². The highest BCUT2D eigenvalue weighted by atomic mass is 16.5. The van der Waals surface area contributed by atoms with Crippen LogP contribution < -0.4 is 18.9 Å². The van der Waals surface area contributed by atoms with E-state index in [-0.39, 0.29) is 11.9 Å². The third-order valence-electron chi connectivity index (χ3n) is 15.5. The van der Waals surface area contributed by atoms with Crippen LogP contribution >= 0.6 is 0 Å². The SMILES string of the molecule is CCC(C)COC(=O)c1ccc(-c2ccc(OCCCCCCCCCCOc3ccc(C=Nc4ccc(N=Cc5ccc(OCCCCCCCCCCOc6ccc(-c7ccc(C(=O)OCC(C)CC)cc7)cc6)cc5)cc4)cc3)cc2)cc1. The highest BCUT2D eigenvalue weighted by Gasteiger charge is 2.12. The molecule has 0 aliphatic rings. The first-order chi connectivity index (χ1) is 42.2. The maximum atomic E-state index is 12.3. The summed E-state index contributed by atoms with van der Waals surface area (Å²) < 4.78 is 34.9. The van der Waals surface area contributed by atoms with Crippen molar-refractivity contribution >= 4 is 35.7 Å². The predicted octanol–water partition coefficient (Wildman–Crippen LogP) is 20.1. The van der Waals surface area contributed by atoms with Crippen molar-refractivity contribution in [2.45, 2.75) is 143 Å². The van der Waals surface area contributed by atoms with Crippen LogP contribution in [0, 0.1) is 11.8 Å². The summed E-state index contributed by atoms with van der Waals surface area (Å²) in [6.07, 6.45) is 24.6. The molecule has 10 nitrogen and oxygen atoms in total. The molecule has 0 radical (unpaired) electrons. The van der Waals surface area contributed by atoms with E-state index >= 15 is 0 Å².